The molecule has 258 valence electrons. The lowest BCUT2D eigenvalue weighted by Crippen LogP contribution is -2.38. The molecule has 44 heavy (non-hydrogen) atoms. The van der Waals surface area contributed by atoms with Crippen LogP contribution in [-0.2, 0) is 19.1 Å². The number of unbranched alkanes of at least 4 members (excludes halogenated alkanes) is 23. The van der Waals surface area contributed by atoms with Crippen molar-refractivity contribution in [3.05, 3.63) is 12.2 Å². The average molecular weight is 620 g/mol. The van der Waals surface area contributed by atoms with Gasteiger partial charge in [-0.2, -0.15) is 0 Å². The lowest BCUT2D eigenvalue weighted by Gasteiger charge is -2.17. The molecular weight excluding hydrogens is 546 g/mol. The molecule has 0 saturated carbocycles. The van der Waals surface area contributed by atoms with Crippen LogP contribution in [0.15, 0.2) is 12.2 Å². The van der Waals surface area contributed by atoms with Gasteiger partial charge in [-0.15, -0.1) is 0 Å². The SMILES string of the molecule is CCCCCCCCCCCCC/C=C/CC(COC(=O)CCC(C)=O)NC(=O)CCCCCCCCCCCCCCC. The summed E-state index contributed by atoms with van der Waals surface area (Å²) in [5.41, 5.74) is 0. The van der Waals surface area contributed by atoms with Crippen LogP contribution in [0.3, 0.4) is 0 Å². The molecule has 0 radical (unpaired) electrons. The van der Waals surface area contributed by atoms with Crippen LogP contribution in [0.4, 0.5) is 0 Å². The minimum absolute atomic E-state index is 0.0186. The zero-order chi connectivity index (χ0) is 32.4. The molecule has 1 atom stereocenters. The van der Waals surface area contributed by atoms with Crippen LogP contribution in [0, 0.1) is 0 Å². The van der Waals surface area contributed by atoms with Gasteiger partial charge in [-0.1, -0.05) is 167 Å². The Hall–Kier alpha value is -1.65. The van der Waals surface area contributed by atoms with Crippen LogP contribution < -0.4 is 5.32 Å². The van der Waals surface area contributed by atoms with Gasteiger partial charge in [-0.25, -0.2) is 0 Å². The first-order valence-electron chi connectivity index (χ1n) is 19.1. The molecule has 5 heteroatoms. The van der Waals surface area contributed by atoms with Gasteiger partial charge in [0.1, 0.15) is 12.4 Å². The van der Waals surface area contributed by atoms with Crippen LogP contribution >= 0.6 is 0 Å². The summed E-state index contributed by atoms with van der Waals surface area (Å²) in [6.45, 7) is 6.17. The normalized spacial score (nSPS) is 12.1. The predicted octanol–water partition coefficient (Wildman–Crippen LogP) is 11.5. The number of esters is 1. The molecular formula is C39H73NO4. The Kier molecular flexibility index (Phi) is 32.9. The molecule has 1 amide bonds. The van der Waals surface area contributed by atoms with Gasteiger partial charge in [0.15, 0.2) is 0 Å². The van der Waals surface area contributed by atoms with Crippen molar-refractivity contribution >= 4 is 17.7 Å². The highest BCUT2D eigenvalue weighted by atomic mass is 16.5. The van der Waals surface area contributed by atoms with Crippen molar-refractivity contribution in [3.63, 3.8) is 0 Å². The van der Waals surface area contributed by atoms with E-state index in [-0.39, 0.29) is 43.2 Å². The summed E-state index contributed by atoms with van der Waals surface area (Å²) >= 11 is 0. The number of hydrogen-bond donors (Lipinski definition) is 1. The van der Waals surface area contributed by atoms with Crippen LogP contribution in [0.1, 0.15) is 207 Å². The number of ketones is 1. The number of carbonyl (C=O) groups is 3. The molecule has 0 spiro atoms. The van der Waals surface area contributed by atoms with Gasteiger partial charge < -0.3 is 14.8 Å². The van der Waals surface area contributed by atoms with Crippen molar-refractivity contribution in [3.8, 4) is 0 Å². The molecule has 0 fully saturated rings. The first-order chi connectivity index (χ1) is 21.5. The summed E-state index contributed by atoms with van der Waals surface area (Å²) in [5, 5.41) is 3.09. The van der Waals surface area contributed by atoms with E-state index in [4.69, 9.17) is 4.74 Å². The fraction of sp³-hybridized carbons (Fsp3) is 0.872. The molecule has 0 aromatic heterocycles. The Bertz CT molecular complexity index is 690. The van der Waals surface area contributed by atoms with Crippen molar-refractivity contribution in [2.75, 3.05) is 6.61 Å². The first kappa shape index (κ1) is 42.3. The van der Waals surface area contributed by atoms with Crippen molar-refractivity contribution in [1.82, 2.24) is 5.32 Å². The number of amides is 1. The monoisotopic (exact) mass is 620 g/mol. The Morgan fingerprint density at radius 3 is 1.43 bits per heavy atom. The molecule has 0 aromatic rings. The summed E-state index contributed by atoms with van der Waals surface area (Å²) in [5.74, 6) is -0.354. The topological polar surface area (TPSA) is 72.5 Å². The molecule has 0 aliphatic rings. The number of Topliss-reactive ketones (excluding diaryl/α,β-unsaturated/α-hetero) is 1. The highest BCUT2D eigenvalue weighted by molar-refractivity contribution is 5.81. The number of nitrogens with one attached hydrogen (secondary N) is 1. The third kappa shape index (κ3) is 33.2. The molecule has 0 heterocycles. The molecule has 0 aliphatic carbocycles. The second-order valence-corrected chi connectivity index (χ2v) is 13.2. The number of rotatable bonds is 34. The van der Waals surface area contributed by atoms with Crippen molar-refractivity contribution in [2.45, 2.75) is 213 Å². The van der Waals surface area contributed by atoms with Crippen LogP contribution in [0.2, 0.25) is 0 Å². The quantitative estimate of drug-likeness (QED) is 0.0442. The Morgan fingerprint density at radius 2 is 0.977 bits per heavy atom. The minimum Gasteiger partial charge on any atom is -0.463 e. The van der Waals surface area contributed by atoms with Gasteiger partial charge in [0, 0.05) is 12.8 Å². The maximum Gasteiger partial charge on any atom is 0.306 e. The number of allylic oxidation sites excluding steroid dienone is 1. The smallest absolute Gasteiger partial charge is 0.306 e. The van der Waals surface area contributed by atoms with Gasteiger partial charge in [0.25, 0.3) is 0 Å². The maximum atomic E-state index is 12.6. The van der Waals surface area contributed by atoms with Gasteiger partial charge in [-0.3, -0.25) is 9.59 Å². The van der Waals surface area contributed by atoms with E-state index in [2.05, 4.69) is 31.3 Å². The first-order valence-corrected chi connectivity index (χ1v) is 19.1. The summed E-state index contributed by atoms with van der Waals surface area (Å²) in [6.07, 6.45) is 38.4. The Balaban J connectivity index is 4.11. The lowest BCUT2D eigenvalue weighted by atomic mass is 10.0. The van der Waals surface area contributed by atoms with Crippen molar-refractivity contribution < 1.29 is 19.1 Å². The summed E-state index contributed by atoms with van der Waals surface area (Å²) in [7, 11) is 0. The van der Waals surface area contributed by atoms with Crippen LogP contribution in [-0.4, -0.2) is 30.3 Å². The van der Waals surface area contributed by atoms with E-state index in [1.165, 1.54) is 148 Å². The molecule has 0 aromatic carbocycles. The van der Waals surface area contributed by atoms with E-state index >= 15 is 0 Å². The van der Waals surface area contributed by atoms with E-state index in [1.807, 2.05) is 0 Å². The van der Waals surface area contributed by atoms with E-state index in [0.29, 0.717) is 12.8 Å². The lowest BCUT2D eigenvalue weighted by molar-refractivity contribution is -0.146. The number of carbonyl (C=O) groups excluding carboxylic acids is 3. The van der Waals surface area contributed by atoms with Crippen LogP contribution in [0.5, 0.6) is 0 Å². The highest BCUT2D eigenvalue weighted by Crippen LogP contribution is 2.14. The summed E-state index contributed by atoms with van der Waals surface area (Å²) in [4.78, 5) is 35.9. The maximum absolute atomic E-state index is 12.6. The summed E-state index contributed by atoms with van der Waals surface area (Å²) < 4.78 is 5.41. The largest absolute Gasteiger partial charge is 0.463 e. The second-order valence-electron chi connectivity index (χ2n) is 13.2. The predicted molar refractivity (Wildman–Crippen MR) is 188 cm³/mol. The van der Waals surface area contributed by atoms with E-state index in [0.717, 1.165) is 19.3 Å². The fourth-order valence-electron chi connectivity index (χ4n) is 5.62. The standard InChI is InChI=1S/C39H73NO4/c1-4-6-8-10-12-14-16-18-20-21-23-25-27-29-31-37(35-44-39(43)34-33-36(3)41)40-38(42)32-30-28-26-24-22-19-17-15-13-11-9-7-5-2/h27,29,37H,4-26,28,30-35H2,1-3H3,(H,40,42)/b29-27+. The Morgan fingerprint density at radius 1 is 0.545 bits per heavy atom. The van der Waals surface area contributed by atoms with E-state index < -0.39 is 0 Å². The van der Waals surface area contributed by atoms with Crippen molar-refractivity contribution in [2.24, 2.45) is 0 Å². The summed E-state index contributed by atoms with van der Waals surface area (Å²) in [6, 6.07) is -0.223. The molecule has 0 rings (SSSR count). The van der Waals surface area contributed by atoms with Gasteiger partial charge in [-0.05, 0) is 32.6 Å². The molecule has 0 bridgehead atoms. The van der Waals surface area contributed by atoms with Crippen LogP contribution in [0.25, 0.3) is 0 Å². The average Bonchev–Trinajstić information content (AvgIpc) is 3.01. The fourth-order valence-corrected chi connectivity index (χ4v) is 5.62. The highest BCUT2D eigenvalue weighted by Gasteiger charge is 2.14. The van der Waals surface area contributed by atoms with E-state index in [9.17, 15) is 14.4 Å². The molecule has 5 nitrogen and oxygen atoms in total. The third-order valence-corrected chi connectivity index (χ3v) is 8.56. The van der Waals surface area contributed by atoms with Crippen molar-refractivity contribution in [1.29, 1.82) is 0 Å². The minimum atomic E-state index is -0.374. The second kappa shape index (κ2) is 34.2. The van der Waals surface area contributed by atoms with Gasteiger partial charge in [0.05, 0.1) is 12.5 Å². The number of ether oxygens (including phenoxy) is 1. The Labute approximate surface area is 273 Å². The third-order valence-electron chi connectivity index (χ3n) is 8.56. The number of hydrogen-bond acceptors (Lipinski definition) is 4. The van der Waals surface area contributed by atoms with Gasteiger partial charge >= 0.3 is 5.97 Å². The van der Waals surface area contributed by atoms with E-state index in [1.54, 1.807) is 0 Å². The molecule has 1 N–H and O–H groups in total. The zero-order valence-corrected chi connectivity index (χ0v) is 29.6. The molecule has 0 saturated heterocycles. The molecule has 0 aliphatic heterocycles. The van der Waals surface area contributed by atoms with Gasteiger partial charge in [0.2, 0.25) is 5.91 Å². The zero-order valence-electron chi connectivity index (χ0n) is 29.6. The molecule has 1 unspecified atom stereocenters.